The molecule has 1 fully saturated rings. The molecule has 0 amide bonds. The van der Waals surface area contributed by atoms with Crippen LogP contribution in [-0.4, -0.2) is 55.1 Å². The highest BCUT2D eigenvalue weighted by molar-refractivity contribution is 5.80. The van der Waals surface area contributed by atoms with Crippen molar-refractivity contribution in [2.75, 3.05) is 19.6 Å². The van der Waals surface area contributed by atoms with E-state index in [9.17, 15) is 10.2 Å². The van der Waals surface area contributed by atoms with Crippen LogP contribution >= 0.6 is 0 Å². The normalized spacial score (nSPS) is 17.3. The highest BCUT2D eigenvalue weighted by Crippen LogP contribution is 2.33. The third-order valence-corrected chi connectivity index (χ3v) is 6.10. The van der Waals surface area contributed by atoms with Crippen LogP contribution in [0.15, 0.2) is 48.8 Å². The van der Waals surface area contributed by atoms with E-state index in [0.29, 0.717) is 24.6 Å². The summed E-state index contributed by atoms with van der Waals surface area (Å²) < 4.78 is 2.15. The standard InChI is InChI=1S/C24H32N4O3/c1-24(2,30)16-27-12-8-18(9-13-27)20-7-11-25-22-21(20)10-14-28(22)15-17-3-5-19(6-4-17)23(29)26-31/h3-7,10-11,14,18,23,26,29-31H,8-9,12-13,15-16H2,1-2H3. The summed E-state index contributed by atoms with van der Waals surface area (Å²) in [5.41, 5.74) is 5.24. The fourth-order valence-electron chi connectivity index (χ4n) is 4.62. The summed E-state index contributed by atoms with van der Waals surface area (Å²) in [6.45, 7) is 7.14. The minimum absolute atomic E-state index is 0.506. The predicted molar refractivity (Wildman–Crippen MR) is 120 cm³/mol. The Bertz CT molecular complexity index is 1000. The molecule has 1 atom stereocenters. The number of aliphatic hydroxyl groups is 2. The fourth-order valence-corrected chi connectivity index (χ4v) is 4.62. The number of rotatable bonds is 7. The first-order chi connectivity index (χ1) is 14.8. The summed E-state index contributed by atoms with van der Waals surface area (Å²) in [7, 11) is 0. The number of nitrogens with zero attached hydrogens (tertiary/aromatic N) is 3. The van der Waals surface area contributed by atoms with Gasteiger partial charge in [0.05, 0.1) is 5.60 Å². The van der Waals surface area contributed by atoms with Crippen molar-refractivity contribution in [2.45, 2.75) is 51.0 Å². The number of benzene rings is 1. The first-order valence-corrected chi connectivity index (χ1v) is 10.9. The van der Waals surface area contributed by atoms with Crippen molar-refractivity contribution < 1.29 is 15.4 Å². The number of likely N-dealkylation sites (tertiary alicyclic amines) is 1. The zero-order valence-electron chi connectivity index (χ0n) is 18.2. The Morgan fingerprint density at radius 2 is 1.84 bits per heavy atom. The van der Waals surface area contributed by atoms with E-state index in [-0.39, 0.29) is 0 Å². The Morgan fingerprint density at radius 1 is 1.13 bits per heavy atom. The molecule has 4 rings (SSSR count). The molecule has 1 unspecified atom stereocenters. The van der Waals surface area contributed by atoms with Gasteiger partial charge in [-0.05, 0) is 74.5 Å². The number of fused-ring (bicyclic) bond motifs is 1. The zero-order chi connectivity index (χ0) is 22.0. The molecule has 1 aliphatic heterocycles. The average Bonchev–Trinajstić information content (AvgIpc) is 3.16. The van der Waals surface area contributed by atoms with E-state index in [4.69, 9.17) is 5.21 Å². The maximum atomic E-state index is 10.1. The molecular formula is C24H32N4O3. The maximum absolute atomic E-state index is 10.1. The summed E-state index contributed by atoms with van der Waals surface area (Å²) in [5, 5.41) is 29.8. The first-order valence-electron chi connectivity index (χ1n) is 10.9. The summed E-state index contributed by atoms with van der Waals surface area (Å²) in [6.07, 6.45) is 5.08. The van der Waals surface area contributed by atoms with Crippen molar-refractivity contribution in [1.29, 1.82) is 0 Å². The number of hydroxylamine groups is 1. The Hall–Kier alpha value is -2.29. The van der Waals surface area contributed by atoms with Crippen LogP contribution in [0, 0.1) is 0 Å². The molecule has 0 radical (unpaired) electrons. The summed E-state index contributed by atoms with van der Waals surface area (Å²) in [5.74, 6) is 0.506. The summed E-state index contributed by atoms with van der Waals surface area (Å²) >= 11 is 0. The van der Waals surface area contributed by atoms with E-state index in [1.165, 1.54) is 10.9 Å². The quantitative estimate of drug-likeness (QED) is 0.344. The van der Waals surface area contributed by atoms with Gasteiger partial charge in [-0.1, -0.05) is 24.3 Å². The molecule has 166 valence electrons. The molecule has 3 heterocycles. The third-order valence-electron chi connectivity index (χ3n) is 6.10. The molecule has 7 nitrogen and oxygen atoms in total. The van der Waals surface area contributed by atoms with Gasteiger partial charge in [0.25, 0.3) is 0 Å². The van der Waals surface area contributed by atoms with E-state index in [1.807, 2.05) is 37.7 Å². The molecule has 31 heavy (non-hydrogen) atoms. The number of β-amino-alcohol motifs (C(OH)–C–C–N with tert-alkyl or cyclic N) is 1. The highest BCUT2D eigenvalue weighted by Gasteiger charge is 2.26. The van der Waals surface area contributed by atoms with Crippen LogP contribution in [0.5, 0.6) is 0 Å². The number of hydrogen-bond acceptors (Lipinski definition) is 6. The molecule has 0 spiro atoms. The molecule has 4 N–H and O–H groups in total. The Labute approximate surface area is 182 Å². The average molecular weight is 425 g/mol. The van der Waals surface area contributed by atoms with E-state index in [2.05, 4.69) is 32.8 Å². The van der Waals surface area contributed by atoms with Crippen molar-refractivity contribution in [2.24, 2.45) is 0 Å². The van der Waals surface area contributed by atoms with Crippen LogP contribution in [0.2, 0.25) is 0 Å². The molecule has 0 aliphatic carbocycles. The van der Waals surface area contributed by atoms with Gasteiger partial charge in [0.2, 0.25) is 0 Å². The van der Waals surface area contributed by atoms with E-state index >= 15 is 0 Å². The highest BCUT2D eigenvalue weighted by atomic mass is 16.5. The van der Waals surface area contributed by atoms with Crippen LogP contribution in [0.25, 0.3) is 11.0 Å². The van der Waals surface area contributed by atoms with Gasteiger partial charge in [-0.3, -0.25) is 0 Å². The second kappa shape index (κ2) is 9.06. The van der Waals surface area contributed by atoms with Gasteiger partial charge < -0.3 is 24.9 Å². The number of piperidine rings is 1. The van der Waals surface area contributed by atoms with Crippen molar-refractivity contribution in [3.8, 4) is 0 Å². The lowest BCUT2D eigenvalue weighted by molar-refractivity contribution is 0.000692. The molecule has 1 saturated heterocycles. The van der Waals surface area contributed by atoms with Gasteiger partial charge in [-0.2, -0.15) is 5.48 Å². The SMILES string of the molecule is CC(C)(O)CN1CCC(c2ccnc3c2ccn3Cc2ccc(C(O)NO)cc2)CC1. The Balaban J connectivity index is 1.49. The Morgan fingerprint density at radius 3 is 2.48 bits per heavy atom. The molecule has 0 saturated carbocycles. The molecule has 0 bridgehead atoms. The van der Waals surface area contributed by atoms with Gasteiger partial charge >= 0.3 is 0 Å². The minimum atomic E-state index is -1.08. The molecule has 7 heteroatoms. The van der Waals surface area contributed by atoms with Gasteiger partial charge in [-0.15, -0.1) is 0 Å². The second-order valence-corrected chi connectivity index (χ2v) is 9.22. The molecule has 2 aromatic heterocycles. The lowest BCUT2D eigenvalue weighted by atomic mass is 9.88. The van der Waals surface area contributed by atoms with Crippen molar-refractivity contribution in [3.05, 3.63) is 65.5 Å². The topological polar surface area (TPSA) is 93.8 Å². The van der Waals surface area contributed by atoms with Crippen LogP contribution in [0.3, 0.4) is 0 Å². The van der Waals surface area contributed by atoms with Gasteiger partial charge in [0, 0.05) is 30.9 Å². The second-order valence-electron chi connectivity index (χ2n) is 9.22. The van der Waals surface area contributed by atoms with E-state index in [1.54, 1.807) is 12.1 Å². The van der Waals surface area contributed by atoms with E-state index in [0.717, 1.165) is 37.1 Å². The Kier molecular flexibility index (Phi) is 6.41. The van der Waals surface area contributed by atoms with Crippen LogP contribution < -0.4 is 5.48 Å². The summed E-state index contributed by atoms with van der Waals surface area (Å²) in [4.78, 5) is 7.01. The van der Waals surface area contributed by atoms with Crippen LogP contribution in [0.4, 0.5) is 0 Å². The van der Waals surface area contributed by atoms with Crippen molar-refractivity contribution in [1.82, 2.24) is 19.9 Å². The molecule has 1 aliphatic rings. The molecule has 1 aromatic carbocycles. The van der Waals surface area contributed by atoms with Crippen molar-refractivity contribution >= 4 is 11.0 Å². The predicted octanol–water partition coefficient (Wildman–Crippen LogP) is 3.00. The number of pyridine rings is 1. The van der Waals surface area contributed by atoms with E-state index < -0.39 is 11.8 Å². The zero-order valence-corrected chi connectivity index (χ0v) is 18.2. The summed E-state index contributed by atoms with van der Waals surface area (Å²) in [6, 6.07) is 11.8. The van der Waals surface area contributed by atoms with Crippen LogP contribution in [0.1, 0.15) is 55.5 Å². The fraction of sp³-hybridized carbons (Fsp3) is 0.458. The molecular weight excluding hydrogens is 392 g/mol. The number of aromatic nitrogens is 2. The van der Waals surface area contributed by atoms with Crippen LogP contribution in [-0.2, 0) is 6.54 Å². The molecule has 3 aromatic rings. The first kappa shape index (κ1) is 21.9. The number of hydrogen-bond donors (Lipinski definition) is 4. The maximum Gasteiger partial charge on any atom is 0.152 e. The van der Waals surface area contributed by atoms with Gasteiger partial charge in [-0.25, -0.2) is 4.98 Å². The smallest absolute Gasteiger partial charge is 0.152 e. The lowest BCUT2D eigenvalue weighted by Crippen LogP contribution is -2.42. The monoisotopic (exact) mass is 424 g/mol. The van der Waals surface area contributed by atoms with Crippen molar-refractivity contribution in [3.63, 3.8) is 0 Å². The minimum Gasteiger partial charge on any atom is -0.389 e. The van der Waals surface area contributed by atoms with Gasteiger partial charge in [0.15, 0.2) is 6.23 Å². The third kappa shape index (κ3) is 5.14. The largest absolute Gasteiger partial charge is 0.389 e. The lowest BCUT2D eigenvalue weighted by Gasteiger charge is -2.35. The number of nitrogens with one attached hydrogen (secondary N) is 1. The number of aliphatic hydroxyl groups excluding tert-OH is 1. The van der Waals surface area contributed by atoms with Gasteiger partial charge in [0.1, 0.15) is 5.65 Å².